The number of methoxy groups -OCH3 is 1. The van der Waals surface area contributed by atoms with Gasteiger partial charge in [0.05, 0.1) is 25.4 Å². The van der Waals surface area contributed by atoms with Crippen molar-refractivity contribution in [3.05, 3.63) is 18.2 Å². The normalized spacial score (nSPS) is 13.8. The van der Waals surface area contributed by atoms with Gasteiger partial charge in [-0.2, -0.15) is 5.26 Å². The number of carbonyl (C=O) groups excluding carboxylic acids is 1. The number of hydrogen-bond donors (Lipinski definition) is 2. The van der Waals surface area contributed by atoms with Crippen molar-refractivity contribution in [3.63, 3.8) is 0 Å². The number of carbonyl (C=O) groups is 1. The van der Waals surface area contributed by atoms with E-state index in [0.29, 0.717) is 36.1 Å². The molecule has 0 spiro atoms. The Kier molecular flexibility index (Phi) is 5.01. The Morgan fingerprint density at radius 3 is 2.95 bits per heavy atom. The molecule has 0 bridgehead atoms. The number of amides is 1. The molecule has 1 aromatic rings. The van der Waals surface area contributed by atoms with Crippen molar-refractivity contribution in [3.8, 4) is 11.8 Å². The van der Waals surface area contributed by atoms with Crippen LogP contribution in [-0.4, -0.2) is 37.0 Å². The molecule has 0 heterocycles. The molecule has 3 N–H and O–H groups in total. The van der Waals surface area contributed by atoms with E-state index in [9.17, 15) is 4.79 Å². The van der Waals surface area contributed by atoms with E-state index in [0.717, 1.165) is 12.8 Å². The van der Waals surface area contributed by atoms with Crippen LogP contribution in [0.4, 0.5) is 11.4 Å². The minimum absolute atomic E-state index is 0.122. The van der Waals surface area contributed by atoms with Gasteiger partial charge in [-0.15, -0.1) is 0 Å². The highest BCUT2D eigenvalue weighted by molar-refractivity contribution is 5.94. The van der Waals surface area contributed by atoms with Gasteiger partial charge in [-0.3, -0.25) is 9.69 Å². The summed E-state index contributed by atoms with van der Waals surface area (Å²) < 4.78 is 5.20. The zero-order chi connectivity index (χ0) is 15.2. The van der Waals surface area contributed by atoms with E-state index < -0.39 is 0 Å². The van der Waals surface area contributed by atoms with Gasteiger partial charge in [-0.05, 0) is 31.0 Å². The first-order valence-electron chi connectivity index (χ1n) is 6.98. The first-order valence-corrected chi connectivity index (χ1v) is 6.98. The van der Waals surface area contributed by atoms with Crippen LogP contribution in [0.3, 0.4) is 0 Å². The zero-order valence-electron chi connectivity index (χ0n) is 12.1. The van der Waals surface area contributed by atoms with Crippen LogP contribution in [0, 0.1) is 11.3 Å². The van der Waals surface area contributed by atoms with Gasteiger partial charge >= 0.3 is 0 Å². The van der Waals surface area contributed by atoms with E-state index in [1.54, 1.807) is 25.3 Å². The number of nitrogens with one attached hydrogen (secondary N) is 1. The summed E-state index contributed by atoms with van der Waals surface area (Å²) in [5.74, 6) is 0.455. The highest BCUT2D eigenvalue weighted by atomic mass is 16.5. The zero-order valence-corrected chi connectivity index (χ0v) is 12.1. The summed E-state index contributed by atoms with van der Waals surface area (Å²) in [6.45, 7) is 0.910. The Labute approximate surface area is 124 Å². The lowest BCUT2D eigenvalue weighted by Gasteiger charge is -2.20. The molecular weight excluding hydrogens is 268 g/mol. The fourth-order valence-electron chi connectivity index (χ4n) is 2.22. The highest BCUT2D eigenvalue weighted by Crippen LogP contribution is 2.28. The summed E-state index contributed by atoms with van der Waals surface area (Å²) in [4.78, 5) is 14.2. The average Bonchev–Trinajstić information content (AvgIpc) is 3.28. The van der Waals surface area contributed by atoms with Crippen LogP contribution in [0.2, 0.25) is 0 Å². The molecule has 1 aromatic carbocycles. The molecule has 0 saturated heterocycles. The number of benzene rings is 1. The summed E-state index contributed by atoms with van der Waals surface area (Å²) in [5.41, 5.74) is 6.86. The van der Waals surface area contributed by atoms with Crippen molar-refractivity contribution in [2.24, 2.45) is 0 Å². The maximum absolute atomic E-state index is 12.2. The molecule has 21 heavy (non-hydrogen) atoms. The molecule has 1 amide bonds. The highest BCUT2D eigenvalue weighted by Gasteiger charge is 2.29. The lowest BCUT2D eigenvalue weighted by Crippen LogP contribution is -2.35. The maximum Gasteiger partial charge on any atom is 0.238 e. The molecule has 0 atom stereocenters. The molecular formula is C15H20N4O2. The molecule has 0 aliphatic heterocycles. The number of nitrogens with zero attached hydrogens (tertiary/aromatic N) is 2. The van der Waals surface area contributed by atoms with Crippen molar-refractivity contribution >= 4 is 17.3 Å². The van der Waals surface area contributed by atoms with Crippen LogP contribution < -0.4 is 15.8 Å². The van der Waals surface area contributed by atoms with Gasteiger partial charge < -0.3 is 15.8 Å². The van der Waals surface area contributed by atoms with Crippen molar-refractivity contribution in [1.82, 2.24) is 4.90 Å². The third-order valence-electron chi connectivity index (χ3n) is 3.42. The predicted molar refractivity (Wildman–Crippen MR) is 80.9 cm³/mol. The fraction of sp³-hybridized carbons (Fsp3) is 0.467. The molecule has 0 aromatic heterocycles. The molecule has 1 aliphatic rings. The molecule has 6 heteroatoms. The number of ether oxygens (including phenoxy) is 1. The molecule has 0 radical (unpaired) electrons. The minimum atomic E-state index is -0.122. The number of rotatable bonds is 7. The second kappa shape index (κ2) is 6.95. The lowest BCUT2D eigenvalue weighted by molar-refractivity contribution is -0.117. The molecule has 0 unspecified atom stereocenters. The third-order valence-corrected chi connectivity index (χ3v) is 3.42. The number of nitrogens with two attached hydrogens (primary N) is 1. The number of anilines is 2. The Morgan fingerprint density at radius 1 is 1.57 bits per heavy atom. The number of nitrogen functional groups attached to an aromatic ring is 1. The van der Waals surface area contributed by atoms with E-state index in [4.69, 9.17) is 15.7 Å². The van der Waals surface area contributed by atoms with Crippen molar-refractivity contribution in [2.45, 2.75) is 25.3 Å². The minimum Gasteiger partial charge on any atom is -0.495 e. The van der Waals surface area contributed by atoms with Crippen LogP contribution in [0.25, 0.3) is 0 Å². The molecule has 1 saturated carbocycles. The van der Waals surface area contributed by atoms with Crippen molar-refractivity contribution < 1.29 is 9.53 Å². The Balaban J connectivity index is 1.97. The smallest absolute Gasteiger partial charge is 0.238 e. The lowest BCUT2D eigenvalue weighted by atomic mass is 10.2. The quantitative estimate of drug-likeness (QED) is 0.743. The van der Waals surface area contributed by atoms with E-state index in [1.807, 2.05) is 0 Å². The summed E-state index contributed by atoms with van der Waals surface area (Å²) in [6, 6.07) is 7.67. The molecule has 1 aliphatic carbocycles. The van der Waals surface area contributed by atoms with Crippen LogP contribution >= 0.6 is 0 Å². The summed E-state index contributed by atoms with van der Waals surface area (Å²) >= 11 is 0. The first-order chi connectivity index (χ1) is 10.1. The predicted octanol–water partition coefficient (Wildman–Crippen LogP) is 1.59. The van der Waals surface area contributed by atoms with Crippen LogP contribution in [-0.2, 0) is 4.79 Å². The first kappa shape index (κ1) is 15.1. The monoisotopic (exact) mass is 288 g/mol. The Hall–Kier alpha value is -2.26. The maximum atomic E-state index is 12.2. The van der Waals surface area contributed by atoms with Crippen LogP contribution in [0.15, 0.2) is 18.2 Å². The van der Waals surface area contributed by atoms with Gasteiger partial charge in [0.25, 0.3) is 0 Å². The molecule has 1 fully saturated rings. The topological polar surface area (TPSA) is 91.4 Å². The standard InChI is InChI=1S/C15H20N4O2/c1-21-14-6-3-11(17)9-13(14)18-15(20)10-19(8-2-7-16)12-4-5-12/h3,6,9,12H,2,4-5,8,10,17H2,1H3,(H,18,20). The Morgan fingerprint density at radius 2 is 2.33 bits per heavy atom. The SMILES string of the molecule is COc1ccc(N)cc1NC(=O)CN(CCC#N)C1CC1. The van der Waals surface area contributed by atoms with E-state index in [1.165, 1.54) is 0 Å². The van der Waals surface area contributed by atoms with Crippen molar-refractivity contribution in [2.75, 3.05) is 31.2 Å². The number of hydrogen-bond acceptors (Lipinski definition) is 5. The van der Waals surface area contributed by atoms with Gasteiger partial charge in [0.1, 0.15) is 5.75 Å². The number of nitriles is 1. The average molecular weight is 288 g/mol. The molecule has 112 valence electrons. The van der Waals surface area contributed by atoms with Gasteiger partial charge in [0.2, 0.25) is 5.91 Å². The Bertz CT molecular complexity index is 549. The van der Waals surface area contributed by atoms with Gasteiger partial charge in [0.15, 0.2) is 0 Å². The van der Waals surface area contributed by atoms with Crippen molar-refractivity contribution in [1.29, 1.82) is 5.26 Å². The van der Waals surface area contributed by atoms with Gasteiger partial charge in [0, 0.05) is 24.7 Å². The summed E-state index contributed by atoms with van der Waals surface area (Å²) in [7, 11) is 1.55. The summed E-state index contributed by atoms with van der Waals surface area (Å²) in [6.07, 6.45) is 2.63. The largest absolute Gasteiger partial charge is 0.495 e. The van der Waals surface area contributed by atoms with E-state index in [2.05, 4.69) is 16.3 Å². The van der Waals surface area contributed by atoms with Gasteiger partial charge in [-0.25, -0.2) is 0 Å². The second-order valence-electron chi connectivity index (χ2n) is 5.12. The van der Waals surface area contributed by atoms with E-state index in [-0.39, 0.29) is 12.5 Å². The van der Waals surface area contributed by atoms with Crippen LogP contribution in [0.1, 0.15) is 19.3 Å². The van der Waals surface area contributed by atoms with E-state index >= 15 is 0 Å². The van der Waals surface area contributed by atoms with Gasteiger partial charge in [-0.1, -0.05) is 0 Å². The molecule has 6 nitrogen and oxygen atoms in total. The fourth-order valence-corrected chi connectivity index (χ4v) is 2.22. The third kappa shape index (κ3) is 4.36. The second-order valence-corrected chi connectivity index (χ2v) is 5.12. The molecule has 2 rings (SSSR count). The van der Waals surface area contributed by atoms with Crippen LogP contribution in [0.5, 0.6) is 5.75 Å². The summed E-state index contributed by atoms with van der Waals surface area (Å²) in [5, 5.41) is 11.5.